The molecule has 2 amide bonds. The summed E-state index contributed by atoms with van der Waals surface area (Å²) in [6.07, 6.45) is -1.05. The Bertz CT molecular complexity index is 837. The highest BCUT2D eigenvalue weighted by atomic mass is 32.2. The molecule has 1 aliphatic rings. The van der Waals surface area contributed by atoms with Gasteiger partial charge in [-0.3, -0.25) is 20.4 Å². The molecule has 146 valence electrons. The van der Waals surface area contributed by atoms with E-state index >= 15 is 0 Å². The average Bonchev–Trinajstić information content (AvgIpc) is 3.27. The molecule has 0 aromatic heterocycles. The van der Waals surface area contributed by atoms with Crippen LogP contribution < -0.4 is 10.9 Å². The summed E-state index contributed by atoms with van der Waals surface area (Å²) >= 11 is 3.78. The van der Waals surface area contributed by atoms with Gasteiger partial charge in [0.2, 0.25) is 0 Å². The zero-order valence-electron chi connectivity index (χ0n) is 15.2. The van der Waals surface area contributed by atoms with E-state index in [-0.39, 0.29) is 0 Å². The summed E-state index contributed by atoms with van der Waals surface area (Å²) in [4.78, 5) is 36.2. The number of hydrogen-bond donors (Lipinski definition) is 2. The molecule has 0 saturated carbocycles. The van der Waals surface area contributed by atoms with Crippen LogP contribution in [-0.4, -0.2) is 35.4 Å². The zero-order chi connectivity index (χ0) is 19.9. The highest BCUT2D eigenvalue weighted by molar-refractivity contribution is 8.19. The second-order valence-electron chi connectivity index (χ2n) is 6.05. The highest BCUT2D eigenvalue weighted by Gasteiger charge is 2.21. The number of benzene rings is 2. The second-order valence-corrected chi connectivity index (χ2v) is 8.78. The van der Waals surface area contributed by atoms with Crippen LogP contribution in [0.2, 0.25) is 0 Å². The van der Waals surface area contributed by atoms with Gasteiger partial charge in [-0.15, -0.1) is 23.5 Å². The Hall–Kier alpha value is -2.45. The molecule has 0 bridgehead atoms. The number of rotatable bonds is 5. The molecule has 28 heavy (non-hydrogen) atoms. The quantitative estimate of drug-likeness (QED) is 0.575. The summed E-state index contributed by atoms with van der Waals surface area (Å²) in [5.41, 5.74) is 6.51. The van der Waals surface area contributed by atoms with Crippen LogP contribution in [0.3, 0.4) is 0 Å². The Kier molecular flexibility index (Phi) is 7.00. The lowest BCUT2D eigenvalue weighted by atomic mass is 10.1. The fraction of sp³-hybridized carbons (Fsp3) is 0.250. The van der Waals surface area contributed by atoms with Gasteiger partial charge < -0.3 is 4.74 Å². The number of amides is 2. The standard InChI is InChI=1S/C20H20N2O4S2/c1-13(17(23)21-22-18(24)14-5-3-2-4-6-14)26-19(25)15-7-9-16(10-8-15)20-27-11-12-28-20/h2-10,13,20H,11-12H2,1H3,(H,21,23)(H,22,24)/t13-/m1/s1. The van der Waals surface area contributed by atoms with Crippen LogP contribution in [0.4, 0.5) is 0 Å². The molecule has 0 spiro atoms. The lowest BCUT2D eigenvalue weighted by molar-refractivity contribution is -0.129. The predicted octanol–water partition coefficient (Wildman–Crippen LogP) is 3.17. The van der Waals surface area contributed by atoms with Crippen molar-refractivity contribution in [3.63, 3.8) is 0 Å². The lowest BCUT2D eigenvalue weighted by Crippen LogP contribution is -2.46. The molecule has 2 aromatic rings. The minimum atomic E-state index is -1.05. The van der Waals surface area contributed by atoms with Gasteiger partial charge >= 0.3 is 5.97 Å². The number of carbonyl (C=O) groups is 3. The van der Waals surface area contributed by atoms with Crippen molar-refractivity contribution in [2.45, 2.75) is 17.6 Å². The highest BCUT2D eigenvalue weighted by Crippen LogP contribution is 2.45. The van der Waals surface area contributed by atoms with E-state index in [1.165, 1.54) is 12.5 Å². The summed E-state index contributed by atoms with van der Waals surface area (Å²) in [6.45, 7) is 1.45. The number of hydrazine groups is 1. The Morgan fingerprint density at radius 2 is 1.57 bits per heavy atom. The van der Waals surface area contributed by atoms with E-state index in [9.17, 15) is 14.4 Å². The third-order valence-electron chi connectivity index (χ3n) is 4.03. The van der Waals surface area contributed by atoms with Crippen molar-refractivity contribution < 1.29 is 19.1 Å². The molecule has 0 aliphatic carbocycles. The van der Waals surface area contributed by atoms with E-state index in [1.807, 2.05) is 35.7 Å². The maximum Gasteiger partial charge on any atom is 0.338 e. The van der Waals surface area contributed by atoms with E-state index < -0.39 is 23.9 Å². The molecule has 1 fully saturated rings. The van der Waals surface area contributed by atoms with Crippen molar-refractivity contribution >= 4 is 41.3 Å². The Labute approximate surface area is 171 Å². The van der Waals surface area contributed by atoms with Crippen LogP contribution in [-0.2, 0) is 9.53 Å². The Morgan fingerprint density at radius 3 is 2.21 bits per heavy atom. The fourth-order valence-corrected chi connectivity index (χ4v) is 5.35. The summed E-state index contributed by atoms with van der Waals surface area (Å²) in [5.74, 6) is 0.605. The third-order valence-corrected chi connectivity index (χ3v) is 7.13. The van der Waals surface area contributed by atoms with Gasteiger partial charge in [-0.05, 0) is 36.8 Å². The maximum absolute atomic E-state index is 12.3. The molecule has 8 heteroatoms. The maximum atomic E-state index is 12.3. The first-order chi connectivity index (χ1) is 13.5. The molecule has 1 heterocycles. The predicted molar refractivity (Wildman–Crippen MR) is 111 cm³/mol. The number of hydrogen-bond acceptors (Lipinski definition) is 6. The molecule has 1 aliphatic heterocycles. The SMILES string of the molecule is C[C@@H](OC(=O)c1ccc(C2SCCS2)cc1)C(=O)NNC(=O)c1ccccc1. The lowest BCUT2D eigenvalue weighted by Gasteiger charge is -2.14. The minimum absolute atomic E-state index is 0.379. The van der Waals surface area contributed by atoms with Gasteiger partial charge in [0.25, 0.3) is 11.8 Å². The van der Waals surface area contributed by atoms with E-state index in [4.69, 9.17) is 4.74 Å². The van der Waals surface area contributed by atoms with Gasteiger partial charge in [-0.2, -0.15) is 0 Å². The monoisotopic (exact) mass is 416 g/mol. The zero-order valence-corrected chi connectivity index (χ0v) is 16.8. The van der Waals surface area contributed by atoms with Crippen molar-refractivity contribution in [3.05, 3.63) is 71.3 Å². The Balaban J connectivity index is 1.49. The Morgan fingerprint density at radius 1 is 0.929 bits per heavy atom. The molecule has 2 aromatic carbocycles. The van der Waals surface area contributed by atoms with Gasteiger partial charge in [0.15, 0.2) is 6.10 Å². The molecule has 1 saturated heterocycles. The fourth-order valence-electron chi connectivity index (χ4n) is 2.49. The summed E-state index contributed by atoms with van der Waals surface area (Å²) in [7, 11) is 0. The summed E-state index contributed by atoms with van der Waals surface area (Å²) in [6, 6.07) is 15.7. The summed E-state index contributed by atoms with van der Waals surface area (Å²) in [5, 5.41) is 0. The normalized spacial score (nSPS) is 14.9. The first-order valence-electron chi connectivity index (χ1n) is 8.74. The van der Waals surface area contributed by atoms with Crippen LogP contribution in [0, 0.1) is 0 Å². The van der Waals surface area contributed by atoms with Crippen LogP contribution in [0.1, 0.15) is 37.8 Å². The first-order valence-corrected chi connectivity index (χ1v) is 10.8. The molecule has 2 N–H and O–H groups in total. The molecule has 3 rings (SSSR count). The minimum Gasteiger partial charge on any atom is -0.449 e. The number of ether oxygens (including phenoxy) is 1. The van der Waals surface area contributed by atoms with Gasteiger partial charge in [0.05, 0.1) is 10.1 Å². The number of nitrogens with one attached hydrogen (secondary N) is 2. The van der Waals surface area contributed by atoms with Crippen LogP contribution in [0.5, 0.6) is 0 Å². The molecule has 0 unspecified atom stereocenters. The van der Waals surface area contributed by atoms with E-state index in [0.29, 0.717) is 15.7 Å². The van der Waals surface area contributed by atoms with E-state index in [2.05, 4.69) is 10.9 Å². The smallest absolute Gasteiger partial charge is 0.338 e. The number of carbonyl (C=O) groups excluding carboxylic acids is 3. The average molecular weight is 417 g/mol. The van der Waals surface area contributed by atoms with Crippen molar-refractivity contribution in [1.82, 2.24) is 10.9 Å². The van der Waals surface area contributed by atoms with E-state index in [0.717, 1.165) is 11.5 Å². The van der Waals surface area contributed by atoms with Gasteiger partial charge in [0, 0.05) is 17.1 Å². The van der Waals surface area contributed by atoms with Crippen molar-refractivity contribution in [2.24, 2.45) is 0 Å². The first kappa shape index (κ1) is 20.3. The van der Waals surface area contributed by atoms with Gasteiger partial charge in [-0.1, -0.05) is 30.3 Å². The van der Waals surface area contributed by atoms with E-state index in [1.54, 1.807) is 42.5 Å². The van der Waals surface area contributed by atoms with Crippen LogP contribution in [0.25, 0.3) is 0 Å². The van der Waals surface area contributed by atoms with Crippen LogP contribution >= 0.6 is 23.5 Å². The second kappa shape index (κ2) is 9.66. The molecular weight excluding hydrogens is 396 g/mol. The van der Waals surface area contributed by atoms with Gasteiger partial charge in [0.1, 0.15) is 0 Å². The third kappa shape index (κ3) is 5.30. The number of thioether (sulfide) groups is 2. The largest absolute Gasteiger partial charge is 0.449 e. The molecule has 0 radical (unpaired) electrons. The van der Waals surface area contributed by atoms with Crippen molar-refractivity contribution in [3.8, 4) is 0 Å². The van der Waals surface area contributed by atoms with Gasteiger partial charge in [-0.25, -0.2) is 4.79 Å². The van der Waals surface area contributed by atoms with Crippen molar-refractivity contribution in [1.29, 1.82) is 0 Å². The molecule has 6 nitrogen and oxygen atoms in total. The van der Waals surface area contributed by atoms with Crippen molar-refractivity contribution in [2.75, 3.05) is 11.5 Å². The molecular formula is C20H20N2O4S2. The van der Waals surface area contributed by atoms with Crippen LogP contribution in [0.15, 0.2) is 54.6 Å². The summed E-state index contributed by atoms with van der Waals surface area (Å²) < 4.78 is 5.59. The topological polar surface area (TPSA) is 84.5 Å². The molecule has 1 atom stereocenters. The number of esters is 1.